The highest BCUT2D eigenvalue weighted by Gasteiger charge is 2.31. The average Bonchev–Trinajstić information content (AvgIpc) is 2.26. The van der Waals surface area contributed by atoms with Crippen molar-refractivity contribution in [2.75, 3.05) is 0 Å². The summed E-state index contributed by atoms with van der Waals surface area (Å²) in [5.74, 6) is 0. The highest BCUT2D eigenvalue weighted by atomic mass is 32.2. The van der Waals surface area contributed by atoms with E-state index in [1.165, 1.54) is 12.1 Å². The summed E-state index contributed by atoms with van der Waals surface area (Å²) in [4.78, 5) is 0. The molecule has 0 saturated carbocycles. The lowest BCUT2D eigenvalue weighted by Gasteiger charge is -2.26. The van der Waals surface area contributed by atoms with E-state index in [0.29, 0.717) is 5.56 Å². The monoisotopic (exact) mass is 293 g/mol. The van der Waals surface area contributed by atoms with Crippen LogP contribution < -0.4 is 4.72 Å². The zero-order valence-electron chi connectivity index (χ0n) is 11.3. The minimum atomic E-state index is -4.33. The number of hydrogen-bond acceptors (Lipinski definition) is 2. The van der Waals surface area contributed by atoms with Gasteiger partial charge in [0.15, 0.2) is 0 Å². The molecule has 0 fully saturated rings. The standard InChI is InChI=1S/C13H18F3NOS/c1-9(17-19(18)12(2,3)4)10-5-7-11(8-6-10)13(14,15)16/h5-9,17H,1-4H3. The van der Waals surface area contributed by atoms with Gasteiger partial charge >= 0.3 is 6.18 Å². The quantitative estimate of drug-likeness (QED) is 0.860. The molecular formula is C13H18F3NOS. The van der Waals surface area contributed by atoms with Crippen molar-refractivity contribution < 1.29 is 17.7 Å². The Morgan fingerprint density at radius 1 is 1.11 bits per heavy atom. The van der Waals surface area contributed by atoms with Crippen molar-refractivity contribution in [3.05, 3.63) is 35.4 Å². The summed E-state index contributed by atoms with van der Waals surface area (Å²) in [7, 11) is 0. The van der Waals surface area contributed by atoms with Crippen molar-refractivity contribution in [1.29, 1.82) is 0 Å². The Labute approximate surface area is 114 Å². The molecule has 0 aliphatic rings. The van der Waals surface area contributed by atoms with Crippen LogP contribution in [-0.4, -0.2) is 9.30 Å². The molecule has 0 saturated heterocycles. The third-order valence-electron chi connectivity index (χ3n) is 2.58. The highest BCUT2D eigenvalue weighted by molar-refractivity contribution is 7.90. The number of rotatable bonds is 3. The topological polar surface area (TPSA) is 35.1 Å². The molecule has 1 aromatic rings. The second-order valence-corrected chi connectivity index (χ2v) is 7.34. The lowest BCUT2D eigenvalue weighted by molar-refractivity contribution is -0.137. The van der Waals surface area contributed by atoms with Gasteiger partial charge in [-0.05, 0) is 45.4 Å². The molecule has 0 heterocycles. The zero-order chi connectivity index (χ0) is 14.8. The zero-order valence-corrected chi connectivity index (χ0v) is 12.2. The van der Waals surface area contributed by atoms with Crippen molar-refractivity contribution in [3.8, 4) is 0 Å². The van der Waals surface area contributed by atoms with E-state index in [-0.39, 0.29) is 6.04 Å². The second-order valence-electron chi connectivity index (χ2n) is 5.34. The number of hydrogen-bond donors (Lipinski definition) is 1. The van der Waals surface area contributed by atoms with E-state index in [9.17, 15) is 17.7 Å². The molecule has 0 spiro atoms. The van der Waals surface area contributed by atoms with Gasteiger partial charge < -0.3 is 4.55 Å². The first-order valence-corrected chi connectivity index (χ1v) is 7.02. The first-order chi connectivity index (χ1) is 8.51. The van der Waals surface area contributed by atoms with Crippen LogP contribution in [-0.2, 0) is 17.5 Å². The summed E-state index contributed by atoms with van der Waals surface area (Å²) in [5.41, 5.74) is -0.00834. The largest absolute Gasteiger partial charge is 0.598 e. The molecule has 1 aromatic carbocycles. The number of nitrogens with one attached hydrogen (secondary N) is 1. The molecule has 0 aliphatic carbocycles. The van der Waals surface area contributed by atoms with Gasteiger partial charge in [-0.2, -0.15) is 13.2 Å². The van der Waals surface area contributed by atoms with Gasteiger partial charge in [0, 0.05) is 11.4 Å². The highest BCUT2D eigenvalue weighted by Crippen LogP contribution is 2.30. The summed E-state index contributed by atoms with van der Waals surface area (Å²) in [6, 6.07) is 4.60. The molecule has 0 radical (unpaired) electrons. The molecular weight excluding hydrogens is 275 g/mol. The Balaban J connectivity index is 2.76. The Hall–Kier alpha value is -0.720. The Kier molecular flexibility index (Phi) is 4.92. The fourth-order valence-electron chi connectivity index (χ4n) is 1.37. The van der Waals surface area contributed by atoms with Crippen molar-refractivity contribution in [3.63, 3.8) is 0 Å². The predicted molar refractivity (Wildman–Crippen MR) is 70.9 cm³/mol. The fourth-order valence-corrected chi connectivity index (χ4v) is 2.18. The lowest BCUT2D eigenvalue weighted by atomic mass is 10.1. The van der Waals surface area contributed by atoms with Gasteiger partial charge in [0.05, 0.1) is 11.6 Å². The predicted octanol–water partition coefficient (Wildman–Crippen LogP) is 3.82. The Morgan fingerprint density at radius 3 is 1.95 bits per heavy atom. The van der Waals surface area contributed by atoms with Crippen LogP contribution in [0.25, 0.3) is 0 Å². The van der Waals surface area contributed by atoms with Crippen molar-refractivity contribution in [1.82, 2.24) is 4.72 Å². The molecule has 2 unspecified atom stereocenters. The van der Waals surface area contributed by atoms with Crippen molar-refractivity contribution in [2.24, 2.45) is 0 Å². The minimum absolute atomic E-state index is 0.276. The molecule has 0 aliphatic heterocycles. The normalized spacial score (nSPS) is 16.2. The number of halogens is 3. The first kappa shape index (κ1) is 16.3. The van der Waals surface area contributed by atoms with E-state index in [1.807, 2.05) is 20.8 Å². The maximum atomic E-state index is 12.4. The Morgan fingerprint density at radius 2 is 1.58 bits per heavy atom. The molecule has 1 N–H and O–H groups in total. The van der Waals surface area contributed by atoms with Crippen LogP contribution in [0.1, 0.15) is 44.9 Å². The molecule has 19 heavy (non-hydrogen) atoms. The van der Waals surface area contributed by atoms with Gasteiger partial charge in [-0.15, -0.1) is 4.72 Å². The molecule has 2 atom stereocenters. The first-order valence-electron chi connectivity index (χ1n) is 5.87. The van der Waals surface area contributed by atoms with Gasteiger partial charge in [0.2, 0.25) is 0 Å². The summed E-state index contributed by atoms with van der Waals surface area (Å²) in [6.07, 6.45) is -4.33. The van der Waals surface area contributed by atoms with E-state index in [1.54, 1.807) is 6.92 Å². The molecule has 108 valence electrons. The number of benzene rings is 1. The molecule has 6 heteroatoms. The average molecular weight is 293 g/mol. The van der Waals surface area contributed by atoms with E-state index >= 15 is 0 Å². The molecule has 0 bridgehead atoms. The molecule has 0 aromatic heterocycles. The summed E-state index contributed by atoms with van der Waals surface area (Å²) >= 11 is -1.26. The second kappa shape index (κ2) is 5.73. The fraction of sp³-hybridized carbons (Fsp3) is 0.538. The van der Waals surface area contributed by atoms with Gasteiger partial charge in [0.1, 0.15) is 4.75 Å². The van der Waals surface area contributed by atoms with E-state index in [4.69, 9.17) is 0 Å². The van der Waals surface area contributed by atoms with Crippen LogP contribution in [0.3, 0.4) is 0 Å². The van der Waals surface area contributed by atoms with Crippen LogP contribution in [0.15, 0.2) is 24.3 Å². The van der Waals surface area contributed by atoms with Gasteiger partial charge in [-0.1, -0.05) is 12.1 Å². The van der Waals surface area contributed by atoms with E-state index < -0.39 is 27.8 Å². The number of alkyl halides is 3. The van der Waals surface area contributed by atoms with Crippen LogP contribution in [0.5, 0.6) is 0 Å². The van der Waals surface area contributed by atoms with E-state index in [2.05, 4.69) is 4.72 Å². The molecule has 1 rings (SSSR count). The molecule has 0 amide bonds. The maximum Gasteiger partial charge on any atom is 0.416 e. The maximum absolute atomic E-state index is 12.4. The summed E-state index contributed by atoms with van der Waals surface area (Å²) in [6.45, 7) is 7.26. The van der Waals surface area contributed by atoms with Gasteiger partial charge in [0.25, 0.3) is 0 Å². The third kappa shape index (κ3) is 4.71. The van der Waals surface area contributed by atoms with Gasteiger partial charge in [-0.3, -0.25) is 0 Å². The van der Waals surface area contributed by atoms with Crippen molar-refractivity contribution in [2.45, 2.75) is 44.7 Å². The van der Waals surface area contributed by atoms with Gasteiger partial charge in [-0.25, -0.2) is 0 Å². The van der Waals surface area contributed by atoms with Crippen LogP contribution in [0.2, 0.25) is 0 Å². The summed E-state index contributed by atoms with van der Waals surface area (Å²) in [5, 5.41) is 0. The molecule has 2 nitrogen and oxygen atoms in total. The van der Waals surface area contributed by atoms with Crippen LogP contribution in [0.4, 0.5) is 13.2 Å². The minimum Gasteiger partial charge on any atom is -0.598 e. The third-order valence-corrected chi connectivity index (χ3v) is 4.26. The SMILES string of the molecule is CC(N[S+]([O-])C(C)(C)C)c1ccc(C(F)(F)F)cc1. The van der Waals surface area contributed by atoms with Crippen LogP contribution in [0, 0.1) is 0 Å². The van der Waals surface area contributed by atoms with Crippen molar-refractivity contribution >= 4 is 11.4 Å². The lowest BCUT2D eigenvalue weighted by Crippen LogP contribution is -2.40. The smallest absolute Gasteiger partial charge is 0.416 e. The van der Waals surface area contributed by atoms with Crippen LogP contribution >= 0.6 is 0 Å². The summed E-state index contributed by atoms with van der Waals surface area (Å²) < 4.78 is 51.6. The van der Waals surface area contributed by atoms with E-state index in [0.717, 1.165) is 12.1 Å². The Bertz CT molecular complexity index is 411.